The highest BCUT2D eigenvalue weighted by Crippen LogP contribution is 2.38. The van der Waals surface area contributed by atoms with Gasteiger partial charge in [-0.2, -0.15) is 0 Å². The van der Waals surface area contributed by atoms with Crippen molar-refractivity contribution in [3.8, 4) is 0 Å². The average Bonchev–Trinajstić information content (AvgIpc) is 3.20. The van der Waals surface area contributed by atoms with Crippen LogP contribution in [0.1, 0.15) is 5.56 Å². The van der Waals surface area contributed by atoms with E-state index in [1.54, 1.807) is 6.07 Å². The summed E-state index contributed by atoms with van der Waals surface area (Å²) in [6.07, 6.45) is 2.22. The summed E-state index contributed by atoms with van der Waals surface area (Å²) >= 11 is 0. The normalized spacial score (nSPS) is 12.7. The zero-order valence-corrected chi connectivity index (χ0v) is 16.3. The van der Waals surface area contributed by atoms with Crippen molar-refractivity contribution in [2.24, 2.45) is 0 Å². The Bertz CT molecular complexity index is 1310. The monoisotopic (exact) mass is 396 g/mol. The molecule has 1 aliphatic heterocycles. The molecule has 1 aromatic heterocycles. The maximum absolute atomic E-state index is 12.9. The summed E-state index contributed by atoms with van der Waals surface area (Å²) in [5, 5.41) is 3.00. The fraction of sp³-hybridized carbons (Fsp3) is 0.125. The lowest BCUT2D eigenvalue weighted by Gasteiger charge is -2.23. The van der Waals surface area contributed by atoms with Gasteiger partial charge in [-0.15, -0.1) is 0 Å². The Morgan fingerprint density at radius 3 is 2.57 bits per heavy atom. The van der Waals surface area contributed by atoms with E-state index in [1.807, 2.05) is 54.6 Å². The number of rotatable bonds is 4. The summed E-state index contributed by atoms with van der Waals surface area (Å²) in [6.45, 7) is 0.785. The van der Waals surface area contributed by atoms with Crippen LogP contribution in [0.25, 0.3) is 11.0 Å². The number of nitrogens with one attached hydrogen (secondary N) is 1. The fourth-order valence-electron chi connectivity index (χ4n) is 4.01. The van der Waals surface area contributed by atoms with E-state index in [9.17, 15) is 9.59 Å². The van der Waals surface area contributed by atoms with Crippen molar-refractivity contribution in [2.75, 3.05) is 16.8 Å². The Hall–Kier alpha value is -3.93. The molecular weight excluding hydrogens is 376 g/mol. The molecule has 5 rings (SSSR count). The largest absolute Gasteiger partial charge is 0.339 e. The third-order valence-corrected chi connectivity index (χ3v) is 5.41. The minimum atomic E-state index is -0.300. The van der Waals surface area contributed by atoms with Gasteiger partial charge < -0.3 is 10.2 Å². The second-order valence-electron chi connectivity index (χ2n) is 7.27. The van der Waals surface area contributed by atoms with E-state index in [0.29, 0.717) is 11.0 Å². The molecule has 0 unspecified atom stereocenters. The lowest BCUT2D eigenvalue weighted by atomic mass is 10.1. The van der Waals surface area contributed by atoms with Crippen LogP contribution in [0.3, 0.4) is 0 Å². The molecule has 1 N–H and O–H groups in total. The van der Waals surface area contributed by atoms with Gasteiger partial charge in [-0.05, 0) is 42.3 Å². The van der Waals surface area contributed by atoms with Gasteiger partial charge in [-0.25, -0.2) is 4.98 Å². The second-order valence-corrected chi connectivity index (χ2v) is 7.27. The number of hydrogen-bond donors (Lipinski definition) is 1. The van der Waals surface area contributed by atoms with E-state index in [4.69, 9.17) is 0 Å². The SMILES string of the molecule is O=C(Cn1c(=O)cnc2ccccc21)Nc1ccccc1N1CCc2ccccc21. The number of aromatic nitrogens is 2. The first kappa shape index (κ1) is 18.1. The van der Waals surface area contributed by atoms with Crippen molar-refractivity contribution in [1.82, 2.24) is 9.55 Å². The van der Waals surface area contributed by atoms with Gasteiger partial charge in [0, 0.05) is 12.2 Å². The maximum Gasteiger partial charge on any atom is 0.269 e. The van der Waals surface area contributed by atoms with Crippen molar-refractivity contribution < 1.29 is 4.79 Å². The highest BCUT2D eigenvalue weighted by atomic mass is 16.2. The van der Waals surface area contributed by atoms with Gasteiger partial charge in [0.15, 0.2) is 0 Å². The van der Waals surface area contributed by atoms with E-state index in [2.05, 4.69) is 27.3 Å². The molecule has 0 spiro atoms. The molecular formula is C24H20N4O2. The number of anilines is 3. The molecule has 30 heavy (non-hydrogen) atoms. The van der Waals surface area contributed by atoms with Gasteiger partial charge in [-0.3, -0.25) is 14.2 Å². The van der Waals surface area contributed by atoms with Gasteiger partial charge in [-0.1, -0.05) is 42.5 Å². The van der Waals surface area contributed by atoms with Crippen molar-refractivity contribution >= 4 is 34.0 Å². The van der Waals surface area contributed by atoms with Crippen molar-refractivity contribution in [3.05, 3.63) is 94.9 Å². The maximum atomic E-state index is 12.9. The van der Waals surface area contributed by atoms with Crippen LogP contribution >= 0.6 is 0 Å². The highest BCUT2D eigenvalue weighted by molar-refractivity contribution is 5.96. The number of para-hydroxylation sites is 5. The molecule has 0 bridgehead atoms. The molecule has 0 saturated heterocycles. The molecule has 1 aliphatic rings. The van der Waals surface area contributed by atoms with Crippen LogP contribution in [0.2, 0.25) is 0 Å². The van der Waals surface area contributed by atoms with E-state index >= 15 is 0 Å². The Morgan fingerprint density at radius 2 is 1.67 bits per heavy atom. The Balaban J connectivity index is 1.44. The molecule has 1 amide bonds. The minimum absolute atomic E-state index is 0.0766. The first-order chi connectivity index (χ1) is 14.7. The van der Waals surface area contributed by atoms with Gasteiger partial charge in [0.25, 0.3) is 5.56 Å². The Labute approximate surface area is 173 Å². The third-order valence-electron chi connectivity index (χ3n) is 5.41. The van der Waals surface area contributed by atoms with Crippen molar-refractivity contribution in [2.45, 2.75) is 13.0 Å². The molecule has 4 aromatic rings. The van der Waals surface area contributed by atoms with Crippen LogP contribution in [-0.2, 0) is 17.8 Å². The van der Waals surface area contributed by atoms with Crippen LogP contribution in [0.4, 0.5) is 17.1 Å². The van der Waals surface area contributed by atoms with E-state index in [0.717, 1.165) is 30.0 Å². The van der Waals surface area contributed by atoms with Crippen LogP contribution in [0.5, 0.6) is 0 Å². The van der Waals surface area contributed by atoms with E-state index < -0.39 is 0 Å². The molecule has 0 fully saturated rings. The zero-order chi connectivity index (χ0) is 20.5. The first-order valence-electron chi connectivity index (χ1n) is 9.89. The number of benzene rings is 3. The number of carbonyl (C=O) groups excluding carboxylic acids is 1. The third kappa shape index (κ3) is 3.22. The molecule has 3 aromatic carbocycles. The number of carbonyl (C=O) groups is 1. The zero-order valence-electron chi connectivity index (χ0n) is 16.3. The Kier molecular flexibility index (Phi) is 4.52. The summed E-state index contributed by atoms with van der Waals surface area (Å²) in [6, 6.07) is 23.4. The summed E-state index contributed by atoms with van der Waals surface area (Å²) in [5.41, 5.74) is 5.16. The first-order valence-corrected chi connectivity index (χ1v) is 9.89. The van der Waals surface area contributed by atoms with Gasteiger partial charge >= 0.3 is 0 Å². The minimum Gasteiger partial charge on any atom is -0.339 e. The van der Waals surface area contributed by atoms with Gasteiger partial charge in [0.2, 0.25) is 5.91 Å². The summed E-state index contributed by atoms with van der Waals surface area (Å²) in [7, 11) is 0. The molecule has 0 atom stereocenters. The summed E-state index contributed by atoms with van der Waals surface area (Å²) in [4.78, 5) is 31.6. The number of amides is 1. The van der Waals surface area contributed by atoms with Crippen LogP contribution in [-0.4, -0.2) is 22.0 Å². The molecule has 0 radical (unpaired) electrons. The highest BCUT2D eigenvalue weighted by Gasteiger charge is 2.22. The standard InChI is InChI=1S/C24H20N4O2/c29-23(16-28-21-11-5-2-8-18(21)25-15-24(28)30)26-19-9-3-6-12-22(19)27-14-13-17-7-1-4-10-20(17)27/h1-12,15H,13-14,16H2,(H,26,29). The van der Waals surface area contributed by atoms with E-state index in [1.165, 1.54) is 16.3 Å². The lowest BCUT2D eigenvalue weighted by Crippen LogP contribution is -2.28. The quantitative estimate of drug-likeness (QED) is 0.571. The number of nitrogens with zero attached hydrogens (tertiary/aromatic N) is 3. The summed E-state index contributed by atoms with van der Waals surface area (Å²) < 4.78 is 1.45. The smallest absolute Gasteiger partial charge is 0.269 e. The van der Waals surface area contributed by atoms with Crippen LogP contribution in [0, 0.1) is 0 Å². The Morgan fingerprint density at radius 1 is 0.933 bits per heavy atom. The van der Waals surface area contributed by atoms with Crippen LogP contribution in [0.15, 0.2) is 83.8 Å². The van der Waals surface area contributed by atoms with E-state index in [-0.39, 0.29) is 18.0 Å². The average molecular weight is 396 g/mol. The van der Waals surface area contributed by atoms with Crippen LogP contribution < -0.4 is 15.8 Å². The fourth-order valence-corrected chi connectivity index (χ4v) is 4.01. The predicted molar refractivity (Wildman–Crippen MR) is 118 cm³/mol. The molecule has 6 nitrogen and oxygen atoms in total. The number of fused-ring (bicyclic) bond motifs is 2. The van der Waals surface area contributed by atoms with Gasteiger partial charge in [0.05, 0.1) is 28.6 Å². The molecule has 6 heteroatoms. The van der Waals surface area contributed by atoms with Crippen molar-refractivity contribution in [3.63, 3.8) is 0 Å². The topological polar surface area (TPSA) is 67.2 Å². The second kappa shape index (κ2) is 7.48. The summed E-state index contributed by atoms with van der Waals surface area (Å²) in [5.74, 6) is -0.256. The number of hydrogen-bond acceptors (Lipinski definition) is 4. The lowest BCUT2D eigenvalue weighted by molar-refractivity contribution is -0.116. The molecule has 2 heterocycles. The molecule has 0 saturated carbocycles. The molecule has 0 aliphatic carbocycles. The van der Waals surface area contributed by atoms with Crippen molar-refractivity contribution in [1.29, 1.82) is 0 Å². The predicted octanol–water partition coefficient (Wildman–Crippen LogP) is 3.73. The van der Waals surface area contributed by atoms with Gasteiger partial charge in [0.1, 0.15) is 6.54 Å². The molecule has 148 valence electrons.